The van der Waals surface area contributed by atoms with Gasteiger partial charge in [0, 0.05) is 32.0 Å². The van der Waals surface area contributed by atoms with Crippen molar-refractivity contribution in [1.29, 1.82) is 0 Å². The first-order chi connectivity index (χ1) is 9.73. The molecule has 1 saturated heterocycles. The molecule has 1 aliphatic carbocycles. The molecule has 0 atom stereocenters. The molecule has 3 rings (SSSR count). The van der Waals surface area contributed by atoms with Crippen molar-refractivity contribution >= 4 is 11.7 Å². The van der Waals surface area contributed by atoms with E-state index in [1.54, 1.807) is 6.20 Å². The molecule has 1 aromatic heterocycles. The van der Waals surface area contributed by atoms with E-state index < -0.39 is 5.91 Å². The van der Waals surface area contributed by atoms with Crippen LogP contribution >= 0.6 is 0 Å². The quantitative estimate of drug-likeness (QED) is 0.829. The monoisotopic (exact) mass is 275 g/mol. The van der Waals surface area contributed by atoms with Crippen molar-refractivity contribution in [2.24, 2.45) is 5.73 Å². The third-order valence-corrected chi connectivity index (χ3v) is 4.49. The molecular weight excluding hydrogens is 254 g/mol. The molecule has 20 heavy (non-hydrogen) atoms. The fourth-order valence-electron chi connectivity index (χ4n) is 3.53. The van der Waals surface area contributed by atoms with Gasteiger partial charge in [-0.2, -0.15) is 0 Å². The molecule has 1 amide bonds. The predicted octanol–water partition coefficient (Wildman–Crippen LogP) is 0.688. The summed E-state index contributed by atoms with van der Waals surface area (Å²) < 4.78 is 0. The summed E-state index contributed by atoms with van der Waals surface area (Å²) in [6, 6.07) is 0. The Morgan fingerprint density at radius 3 is 2.75 bits per heavy atom. The third kappa shape index (κ3) is 2.24. The number of carbonyl (C=O) groups is 1. The van der Waals surface area contributed by atoms with Crippen LogP contribution in [0, 0.1) is 0 Å². The van der Waals surface area contributed by atoms with Crippen molar-refractivity contribution in [2.45, 2.75) is 37.6 Å². The molecule has 3 N–H and O–H groups in total. The van der Waals surface area contributed by atoms with Gasteiger partial charge in [0.15, 0.2) is 11.5 Å². The summed E-state index contributed by atoms with van der Waals surface area (Å²) >= 11 is 0. The van der Waals surface area contributed by atoms with E-state index in [-0.39, 0.29) is 5.54 Å². The first-order valence-electron chi connectivity index (χ1n) is 7.32. The zero-order valence-electron chi connectivity index (χ0n) is 11.6. The molecule has 1 aromatic rings. The number of aromatic nitrogens is 2. The summed E-state index contributed by atoms with van der Waals surface area (Å²) in [5, 5.41) is 3.49. The summed E-state index contributed by atoms with van der Waals surface area (Å²) in [7, 11) is 0. The van der Waals surface area contributed by atoms with Crippen molar-refractivity contribution in [2.75, 3.05) is 24.5 Å². The van der Waals surface area contributed by atoms with Gasteiger partial charge in [0.2, 0.25) is 0 Å². The average Bonchev–Trinajstić information content (AvgIpc) is 2.48. The van der Waals surface area contributed by atoms with Gasteiger partial charge in [-0.05, 0) is 12.8 Å². The normalized spacial score (nSPS) is 21.9. The van der Waals surface area contributed by atoms with Crippen LogP contribution in [0.25, 0.3) is 0 Å². The van der Waals surface area contributed by atoms with Crippen LogP contribution in [0.5, 0.6) is 0 Å². The number of anilines is 1. The van der Waals surface area contributed by atoms with E-state index in [2.05, 4.69) is 20.2 Å². The molecule has 108 valence electrons. The van der Waals surface area contributed by atoms with E-state index in [0.717, 1.165) is 32.5 Å². The number of hydrogen-bond acceptors (Lipinski definition) is 5. The first kappa shape index (κ1) is 13.3. The smallest absolute Gasteiger partial charge is 0.271 e. The van der Waals surface area contributed by atoms with Gasteiger partial charge >= 0.3 is 0 Å². The lowest BCUT2D eigenvalue weighted by atomic mass is 9.79. The molecule has 0 radical (unpaired) electrons. The van der Waals surface area contributed by atoms with E-state index in [4.69, 9.17) is 5.73 Å². The largest absolute Gasteiger partial charge is 0.364 e. The zero-order valence-corrected chi connectivity index (χ0v) is 11.6. The SMILES string of the molecule is NC(=O)c1nccnc1N1CCNCC12CCCCC2. The van der Waals surface area contributed by atoms with Crippen LogP contribution in [-0.4, -0.2) is 41.0 Å². The molecule has 0 bridgehead atoms. The molecule has 1 saturated carbocycles. The Labute approximate surface area is 118 Å². The first-order valence-corrected chi connectivity index (χ1v) is 7.32. The van der Waals surface area contributed by atoms with Crippen LogP contribution in [0.1, 0.15) is 42.6 Å². The van der Waals surface area contributed by atoms with Crippen molar-refractivity contribution in [3.8, 4) is 0 Å². The highest BCUT2D eigenvalue weighted by Crippen LogP contribution is 2.37. The van der Waals surface area contributed by atoms with Crippen molar-refractivity contribution in [1.82, 2.24) is 15.3 Å². The van der Waals surface area contributed by atoms with E-state index in [1.165, 1.54) is 25.5 Å². The Morgan fingerprint density at radius 2 is 2.00 bits per heavy atom. The zero-order chi connectivity index (χ0) is 14.0. The number of hydrogen-bond donors (Lipinski definition) is 2. The Balaban J connectivity index is 2.00. The summed E-state index contributed by atoms with van der Waals surface area (Å²) in [5.74, 6) is 0.154. The van der Waals surface area contributed by atoms with Crippen LogP contribution in [-0.2, 0) is 0 Å². The molecule has 2 aliphatic rings. The van der Waals surface area contributed by atoms with Crippen molar-refractivity contribution < 1.29 is 4.79 Å². The highest BCUT2D eigenvalue weighted by Gasteiger charge is 2.41. The number of amides is 1. The van der Waals surface area contributed by atoms with Crippen LogP contribution in [0.3, 0.4) is 0 Å². The second kappa shape index (κ2) is 5.36. The second-order valence-corrected chi connectivity index (χ2v) is 5.71. The minimum absolute atomic E-state index is 0.0662. The van der Waals surface area contributed by atoms with Gasteiger partial charge < -0.3 is 16.0 Å². The molecule has 0 aromatic carbocycles. The molecule has 0 unspecified atom stereocenters. The minimum atomic E-state index is -0.502. The number of rotatable bonds is 2. The van der Waals surface area contributed by atoms with Gasteiger partial charge in [0.25, 0.3) is 5.91 Å². The Kier molecular flexibility index (Phi) is 3.56. The topological polar surface area (TPSA) is 84.1 Å². The number of nitrogens with two attached hydrogens (primary N) is 1. The van der Waals surface area contributed by atoms with E-state index in [9.17, 15) is 4.79 Å². The van der Waals surface area contributed by atoms with Gasteiger partial charge in [-0.1, -0.05) is 19.3 Å². The lowest BCUT2D eigenvalue weighted by Crippen LogP contribution is -2.62. The highest BCUT2D eigenvalue weighted by molar-refractivity contribution is 5.95. The summed E-state index contributed by atoms with van der Waals surface area (Å²) in [6.07, 6.45) is 9.18. The standard InChI is InChI=1S/C14H21N5O/c15-12(20)11-13(18-7-6-17-11)19-9-8-16-10-14(19)4-2-1-3-5-14/h6-7,16H,1-5,8-10H2,(H2,15,20). The van der Waals surface area contributed by atoms with Crippen LogP contribution in [0.2, 0.25) is 0 Å². The minimum Gasteiger partial charge on any atom is -0.364 e. The molecule has 1 spiro atoms. The summed E-state index contributed by atoms with van der Waals surface area (Å²) in [5.41, 5.74) is 5.81. The maximum Gasteiger partial charge on any atom is 0.271 e. The van der Waals surface area contributed by atoms with E-state index in [1.807, 2.05) is 0 Å². The maximum atomic E-state index is 11.6. The van der Waals surface area contributed by atoms with Gasteiger partial charge in [-0.25, -0.2) is 9.97 Å². The van der Waals surface area contributed by atoms with Gasteiger partial charge in [0.1, 0.15) is 0 Å². The molecule has 2 heterocycles. The van der Waals surface area contributed by atoms with Crippen LogP contribution in [0.4, 0.5) is 5.82 Å². The molecule has 1 aliphatic heterocycles. The van der Waals surface area contributed by atoms with E-state index in [0.29, 0.717) is 11.5 Å². The maximum absolute atomic E-state index is 11.6. The second-order valence-electron chi connectivity index (χ2n) is 5.71. The van der Waals surface area contributed by atoms with Crippen molar-refractivity contribution in [3.05, 3.63) is 18.1 Å². The predicted molar refractivity (Wildman–Crippen MR) is 76.6 cm³/mol. The number of carbonyl (C=O) groups excluding carboxylic acids is 1. The third-order valence-electron chi connectivity index (χ3n) is 4.49. The fraction of sp³-hybridized carbons (Fsp3) is 0.643. The Morgan fingerprint density at radius 1 is 1.25 bits per heavy atom. The number of piperazine rings is 1. The van der Waals surface area contributed by atoms with Gasteiger partial charge in [-0.15, -0.1) is 0 Å². The average molecular weight is 275 g/mol. The molecular formula is C14H21N5O. The molecule has 2 fully saturated rings. The van der Waals surface area contributed by atoms with Crippen molar-refractivity contribution in [3.63, 3.8) is 0 Å². The summed E-state index contributed by atoms with van der Waals surface area (Å²) in [6.45, 7) is 2.69. The molecule has 6 nitrogen and oxygen atoms in total. The highest BCUT2D eigenvalue weighted by atomic mass is 16.1. The van der Waals surface area contributed by atoms with Crippen LogP contribution in [0.15, 0.2) is 12.4 Å². The number of nitrogens with one attached hydrogen (secondary N) is 1. The Hall–Kier alpha value is -1.69. The molecule has 6 heteroatoms. The number of primary amides is 1. The fourth-order valence-corrected chi connectivity index (χ4v) is 3.53. The van der Waals surface area contributed by atoms with E-state index >= 15 is 0 Å². The Bertz CT molecular complexity index is 490. The lowest BCUT2D eigenvalue weighted by Gasteiger charge is -2.50. The van der Waals surface area contributed by atoms with Gasteiger partial charge in [0.05, 0.1) is 5.54 Å². The number of nitrogens with zero attached hydrogens (tertiary/aromatic N) is 3. The van der Waals surface area contributed by atoms with Crippen LogP contribution < -0.4 is 16.0 Å². The lowest BCUT2D eigenvalue weighted by molar-refractivity contribution is 0.0995. The summed E-state index contributed by atoms with van der Waals surface area (Å²) in [4.78, 5) is 22.4. The van der Waals surface area contributed by atoms with Gasteiger partial charge in [-0.3, -0.25) is 4.79 Å².